The van der Waals surface area contributed by atoms with Gasteiger partial charge >= 0.3 is 19.8 Å². The lowest BCUT2D eigenvalue weighted by Crippen LogP contribution is -2.64. The number of hydrogen-bond acceptors (Lipinski definition) is 12. The molecule has 1 saturated carbocycles. The molecule has 8 atom stereocenters. The summed E-state index contributed by atoms with van der Waals surface area (Å²) in [6, 6.07) is 0. The number of allylic oxidation sites excluding steroid dienone is 3. The van der Waals surface area contributed by atoms with Crippen LogP contribution in [0.3, 0.4) is 0 Å². The molecule has 6 N–H and O–H groups in total. The largest absolute Gasteiger partial charge is 0.472 e. The Balaban J connectivity index is 2.49. The van der Waals surface area contributed by atoms with Crippen LogP contribution in [0.4, 0.5) is 0 Å². The molecule has 1 aliphatic rings. The Kier molecular flexibility index (Phi) is 34.5. The SMILES string of the molecule is CCCCCCCCCCCCC/C=C/C=C/C(=O)OC[C@H](COP(=O)(O)OC1C(O)C(O)C(O)[C@@H](O)C1O)OC(=O)CCCCCCCCCCCCCCCCCC. The maximum absolute atomic E-state index is 12.8. The number of carbonyl (C=O) groups is 2. The number of rotatable bonds is 39. The van der Waals surface area contributed by atoms with Crippen LogP contribution in [0.5, 0.6) is 0 Å². The number of unbranched alkanes of at least 4 members (excludes halogenated alkanes) is 26. The Morgan fingerprint density at radius 3 is 1.40 bits per heavy atom. The van der Waals surface area contributed by atoms with Crippen LogP contribution in [0, 0.1) is 0 Å². The zero-order valence-corrected chi connectivity index (χ0v) is 38.2. The van der Waals surface area contributed by atoms with E-state index in [1.807, 2.05) is 6.08 Å². The molecule has 1 rings (SSSR count). The van der Waals surface area contributed by atoms with Gasteiger partial charge in [0.2, 0.25) is 0 Å². The predicted molar refractivity (Wildman–Crippen MR) is 235 cm³/mol. The molecule has 1 fully saturated rings. The summed E-state index contributed by atoms with van der Waals surface area (Å²) in [4.78, 5) is 35.6. The van der Waals surface area contributed by atoms with Gasteiger partial charge in [-0.05, 0) is 19.3 Å². The Labute approximate surface area is 362 Å². The number of phosphoric acid groups is 1. The van der Waals surface area contributed by atoms with Crippen molar-refractivity contribution in [3.05, 3.63) is 24.3 Å². The lowest BCUT2D eigenvalue weighted by molar-refractivity contribution is -0.220. The molecule has 1 aliphatic carbocycles. The molecule has 0 aromatic rings. The number of aliphatic hydroxyl groups is 5. The minimum absolute atomic E-state index is 0.0819. The van der Waals surface area contributed by atoms with Crippen molar-refractivity contribution < 1.29 is 63.1 Å². The van der Waals surface area contributed by atoms with Crippen LogP contribution in [0.15, 0.2) is 24.3 Å². The zero-order valence-electron chi connectivity index (χ0n) is 37.3. The quantitative estimate of drug-likeness (QED) is 0.0112. The Bertz CT molecular complexity index is 1150. The van der Waals surface area contributed by atoms with Gasteiger partial charge in [-0.1, -0.05) is 193 Å². The van der Waals surface area contributed by atoms with Gasteiger partial charge in [0.25, 0.3) is 0 Å². The van der Waals surface area contributed by atoms with Crippen LogP contribution >= 0.6 is 7.82 Å². The lowest BCUT2D eigenvalue weighted by Gasteiger charge is -2.41. The van der Waals surface area contributed by atoms with E-state index in [9.17, 15) is 44.6 Å². The van der Waals surface area contributed by atoms with Crippen LogP contribution in [-0.2, 0) is 32.7 Å². The van der Waals surface area contributed by atoms with Gasteiger partial charge < -0.3 is 39.9 Å². The summed E-state index contributed by atoms with van der Waals surface area (Å²) in [5, 5.41) is 50.1. The Morgan fingerprint density at radius 1 is 0.550 bits per heavy atom. The van der Waals surface area contributed by atoms with Gasteiger partial charge in [-0.3, -0.25) is 13.8 Å². The summed E-state index contributed by atoms with van der Waals surface area (Å²) in [5.41, 5.74) is 0. The molecule has 0 aromatic heterocycles. The molecule has 0 aliphatic heterocycles. The van der Waals surface area contributed by atoms with E-state index in [-0.39, 0.29) is 6.42 Å². The second-order valence-corrected chi connectivity index (χ2v) is 18.1. The average Bonchev–Trinajstić information content (AvgIpc) is 3.23. The van der Waals surface area contributed by atoms with E-state index in [1.165, 1.54) is 134 Å². The molecule has 0 saturated heterocycles. The van der Waals surface area contributed by atoms with Crippen molar-refractivity contribution in [1.29, 1.82) is 0 Å². The first kappa shape index (κ1) is 56.3. The van der Waals surface area contributed by atoms with Crippen molar-refractivity contribution in [3.8, 4) is 0 Å². The molecule has 0 aromatic carbocycles. The van der Waals surface area contributed by atoms with Gasteiger partial charge in [0.05, 0.1) is 6.61 Å². The van der Waals surface area contributed by atoms with Gasteiger partial charge in [0.15, 0.2) is 6.10 Å². The summed E-state index contributed by atoms with van der Waals surface area (Å²) in [6.07, 6.45) is 27.2. The van der Waals surface area contributed by atoms with E-state index in [0.29, 0.717) is 6.42 Å². The average molecular weight is 877 g/mol. The third-order valence-corrected chi connectivity index (χ3v) is 12.1. The van der Waals surface area contributed by atoms with E-state index >= 15 is 0 Å². The first-order valence-electron chi connectivity index (χ1n) is 23.7. The predicted octanol–water partition coefficient (Wildman–Crippen LogP) is 9.23. The number of carbonyl (C=O) groups excluding carboxylic acids is 2. The van der Waals surface area contributed by atoms with Gasteiger partial charge in [0, 0.05) is 12.5 Å². The summed E-state index contributed by atoms with van der Waals surface area (Å²) in [7, 11) is -5.13. The molecular formula is C46H85O13P. The number of ether oxygens (including phenoxy) is 2. The maximum atomic E-state index is 12.8. The fourth-order valence-corrected chi connectivity index (χ4v) is 8.29. The number of esters is 2. The number of phosphoric ester groups is 1. The van der Waals surface area contributed by atoms with E-state index < -0.39 is 75.7 Å². The van der Waals surface area contributed by atoms with Gasteiger partial charge in [-0.15, -0.1) is 0 Å². The molecule has 0 spiro atoms. The van der Waals surface area contributed by atoms with Gasteiger partial charge in [-0.25, -0.2) is 9.36 Å². The molecule has 0 amide bonds. The van der Waals surface area contributed by atoms with Gasteiger partial charge in [0.1, 0.15) is 43.2 Å². The number of hydrogen-bond donors (Lipinski definition) is 6. The first-order valence-corrected chi connectivity index (χ1v) is 25.2. The Morgan fingerprint density at radius 2 is 0.950 bits per heavy atom. The molecular weight excluding hydrogens is 791 g/mol. The normalized spacial score (nSPS) is 22.3. The van der Waals surface area contributed by atoms with Crippen molar-refractivity contribution in [2.75, 3.05) is 13.2 Å². The summed E-state index contributed by atoms with van der Waals surface area (Å²) in [6.45, 7) is 3.21. The van der Waals surface area contributed by atoms with E-state index in [1.54, 1.807) is 12.2 Å². The second kappa shape index (κ2) is 36.8. The highest BCUT2D eigenvalue weighted by Crippen LogP contribution is 2.47. The third kappa shape index (κ3) is 28.8. The summed E-state index contributed by atoms with van der Waals surface area (Å²) in [5.74, 6) is -1.34. The van der Waals surface area contributed by atoms with E-state index in [0.717, 1.165) is 44.9 Å². The molecule has 60 heavy (non-hydrogen) atoms. The fourth-order valence-electron chi connectivity index (χ4n) is 7.32. The summed E-state index contributed by atoms with van der Waals surface area (Å²) >= 11 is 0. The molecule has 352 valence electrons. The molecule has 14 heteroatoms. The topological polar surface area (TPSA) is 210 Å². The number of aliphatic hydroxyl groups excluding tert-OH is 5. The minimum atomic E-state index is -5.13. The molecule has 0 radical (unpaired) electrons. The molecule has 0 heterocycles. The van der Waals surface area contributed by atoms with Crippen molar-refractivity contribution >= 4 is 19.8 Å². The highest BCUT2D eigenvalue weighted by molar-refractivity contribution is 7.47. The Hall–Kier alpha value is -1.67. The maximum Gasteiger partial charge on any atom is 0.472 e. The zero-order chi connectivity index (χ0) is 44.3. The van der Waals surface area contributed by atoms with Crippen LogP contribution < -0.4 is 0 Å². The first-order chi connectivity index (χ1) is 28.9. The van der Waals surface area contributed by atoms with E-state index in [2.05, 4.69) is 13.8 Å². The smallest absolute Gasteiger partial charge is 0.458 e. The van der Waals surface area contributed by atoms with Crippen molar-refractivity contribution in [3.63, 3.8) is 0 Å². The monoisotopic (exact) mass is 877 g/mol. The van der Waals surface area contributed by atoms with Crippen molar-refractivity contribution in [2.45, 2.75) is 243 Å². The highest BCUT2D eigenvalue weighted by Gasteiger charge is 2.51. The third-order valence-electron chi connectivity index (χ3n) is 11.1. The van der Waals surface area contributed by atoms with Crippen LogP contribution in [0.2, 0.25) is 0 Å². The fraction of sp³-hybridized carbons (Fsp3) is 0.870. The minimum Gasteiger partial charge on any atom is -0.458 e. The highest BCUT2D eigenvalue weighted by atomic mass is 31.2. The van der Waals surface area contributed by atoms with Gasteiger partial charge in [-0.2, -0.15) is 0 Å². The van der Waals surface area contributed by atoms with Crippen LogP contribution in [0.1, 0.15) is 200 Å². The molecule has 6 unspecified atom stereocenters. The molecule has 13 nitrogen and oxygen atoms in total. The van der Waals surface area contributed by atoms with Crippen molar-refractivity contribution in [1.82, 2.24) is 0 Å². The second-order valence-electron chi connectivity index (χ2n) is 16.7. The van der Waals surface area contributed by atoms with Crippen molar-refractivity contribution in [2.24, 2.45) is 0 Å². The standard InChI is InChI=1S/C46H85O13P/c1-3-5-7-9-11-13-15-17-19-21-23-25-27-29-31-33-35-40(48)58-38(37-57-60(54,55)59-46-44(52)42(50)41(49)43(51)45(46)53)36-56-39(47)34-32-30-28-26-24-22-20-18-16-14-12-10-8-6-4-2/h28,30,32,34,38,41-46,49-53H,3-27,29,31,33,35-37H2,1-2H3,(H,54,55)/b30-28+,34-32+/t38-,41?,42-,43?,44?,45?,46?/m1/s1. The van der Waals surface area contributed by atoms with Crippen LogP contribution in [-0.4, -0.2) is 98.3 Å². The lowest BCUT2D eigenvalue weighted by atomic mass is 9.85. The van der Waals surface area contributed by atoms with E-state index in [4.69, 9.17) is 18.5 Å². The summed E-state index contributed by atoms with van der Waals surface area (Å²) < 4.78 is 33.4. The molecule has 0 bridgehead atoms. The van der Waals surface area contributed by atoms with Crippen LogP contribution in [0.25, 0.3) is 0 Å².